The summed E-state index contributed by atoms with van der Waals surface area (Å²) in [4.78, 5) is 17.0. The molecule has 0 aliphatic carbocycles. The maximum absolute atomic E-state index is 10.8. The van der Waals surface area contributed by atoms with Gasteiger partial charge in [-0.25, -0.2) is 4.79 Å². The highest BCUT2D eigenvalue weighted by molar-refractivity contribution is 5.65. The summed E-state index contributed by atoms with van der Waals surface area (Å²) in [6.07, 6.45) is -0.794. The number of rotatable bonds is 3. The fourth-order valence-electron chi connectivity index (χ4n) is 2.27. The van der Waals surface area contributed by atoms with Crippen LogP contribution in [0, 0.1) is 0 Å². The molecule has 17 heavy (non-hydrogen) atoms. The van der Waals surface area contributed by atoms with E-state index in [0.29, 0.717) is 13.1 Å². The lowest BCUT2D eigenvalue weighted by molar-refractivity contribution is 0.0301. The Balaban J connectivity index is 1.62. The van der Waals surface area contributed by atoms with E-state index >= 15 is 0 Å². The molecule has 0 radical (unpaired) electrons. The summed E-state index contributed by atoms with van der Waals surface area (Å²) in [7, 11) is 0. The maximum atomic E-state index is 10.8. The molecule has 0 atom stereocenters. The van der Waals surface area contributed by atoms with E-state index in [0.717, 1.165) is 52.5 Å². The molecule has 0 aromatic heterocycles. The van der Waals surface area contributed by atoms with Crippen molar-refractivity contribution in [2.24, 2.45) is 0 Å². The van der Waals surface area contributed by atoms with Crippen molar-refractivity contribution in [1.29, 1.82) is 0 Å². The first kappa shape index (κ1) is 12.6. The van der Waals surface area contributed by atoms with E-state index in [1.165, 1.54) is 4.90 Å². The van der Waals surface area contributed by atoms with Crippen LogP contribution in [0.4, 0.5) is 4.79 Å². The third-order valence-corrected chi connectivity index (χ3v) is 3.48. The van der Waals surface area contributed by atoms with Gasteiger partial charge in [0.05, 0.1) is 13.2 Å². The summed E-state index contributed by atoms with van der Waals surface area (Å²) < 4.78 is 5.30. The van der Waals surface area contributed by atoms with Crippen LogP contribution < -0.4 is 0 Å². The highest BCUT2D eigenvalue weighted by atomic mass is 16.5. The lowest BCUT2D eigenvalue weighted by Gasteiger charge is -2.35. The van der Waals surface area contributed by atoms with Gasteiger partial charge in [0.2, 0.25) is 0 Å². The number of amides is 1. The van der Waals surface area contributed by atoms with E-state index in [2.05, 4.69) is 9.80 Å². The van der Waals surface area contributed by atoms with Crippen LogP contribution in [0.25, 0.3) is 0 Å². The average molecular weight is 243 g/mol. The van der Waals surface area contributed by atoms with Crippen molar-refractivity contribution in [3.05, 3.63) is 0 Å². The van der Waals surface area contributed by atoms with Crippen LogP contribution in [0.1, 0.15) is 0 Å². The Morgan fingerprint density at radius 1 is 0.941 bits per heavy atom. The Bertz CT molecular complexity index is 248. The van der Waals surface area contributed by atoms with Gasteiger partial charge in [-0.15, -0.1) is 0 Å². The van der Waals surface area contributed by atoms with Crippen molar-refractivity contribution < 1.29 is 14.6 Å². The van der Waals surface area contributed by atoms with Crippen LogP contribution in [0.5, 0.6) is 0 Å². The molecule has 0 aromatic rings. The molecule has 2 heterocycles. The maximum Gasteiger partial charge on any atom is 0.407 e. The molecular weight excluding hydrogens is 222 g/mol. The van der Waals surface area contributed by atoms with Crippen LogP contribution in [-0.4, -0.2) is 91.5 Å². The minimum absolute atomic E-state index is 0.637. The highest BCUT2D eigenvalue weighted by Gasteiger charge is 2.20. The Labute approximate surface area is 102 Å². The number of ether oxygens (including phenoxy) is 1. The van der Waals surface area contributed by atoms with Crippen LogP contribution in [-0.2, 0) is 4.74 Å². The standard InChI is InChI=1S/C11H21N3O3/c15-11(16)14-5-3-12(4-6-14)1-2-13-7-9-17-10-8-13/h1-10H2,(H,15,16). The number of hydrogen-bond acceptors (Lipinski definition) is 4. The van der Waals surface area contributed by atoms with Gasteiger partial charge in [-0.3, -0.25) is 9.80 Å². The Morgan fingerprint density at radius 3 is 2.00 bits per heavy atom. The minimum atomic E-state index is -0.794. The van der Waals surface area contributed by atoms with Crippen molar-refractivity contribution in [3.63, 3.8) is 0 Å². The SMILES string of the molecule is O=C(O)N1CCN(CCN2CCOCC2)CC1. The molecule has 2 saturated heterocycles. The molecule has 0 bridgehead atoms. The zero-order valence-electron chi connectivity index (χ0n) is 10.2. The molecule has 0 spiro atoms. The van der Waals surface area contributed by atoms with Gasteiger partial charge in [0, 0.05) is 52.4 Å². The van der Waals surface area contributed by atoms with Crippen LogP contribution in [0.3, 0.4) is 0 Å². The van der Waals surface area contributed by atoms with E-state index in [1.807, 2.05) is 0 Å². The third kappa shape index (κ3) is 3.83. The molecule has 6 heteroatoms. The van der Waals surface area contributed by atoms with E-state index in [9.17, 15) is 4.79 Å². The van der Waals surface area contributed by atoms with Gasteiger partial charge in [-0.2, -0.15) is 0 Å². The second kappa shape index (κ2) is 6.18. The fourth-order valence-corrected chi connectivity index (χ4v) is 2.27. The summed E-state index contributed by atoms with van der Waals surface area (Å²) >= 11 is 0. The van der Waals surface area contributed by atoms with E-state index < -0.39 is 6.09 Å². The molecule has 2 fully saturated rings. The molecule has 0 saturated carbocycles. The van der Waals surface area contributed by atoms with Crippen LogP contribution in [0.15, 0.2) is 0 Å². The molecule has 1 amide bonds. The van der Waals surface area contributed by atoms with Crippen molar-refractivity contribution >= 4 is 6.09 Å². The lowest BCUT2D eigenvalue weighted by atomic mass is 10.3. The monoisotopic (exact) mass is 243 g/mol. The third-order valence-electron chi connectivity index (χ3n) is 3.48. The Kier molecular flexibility index (Phi) is 4.58. The zero-order chi connectivity index (χ0) is 12.1. The lowest BCUT2D eigenvalue weighted by Crippen LogP contribution is -2.50. The van der Waals surface area contributed by atoms with Crippen molar-refractivity contribution in [2.75, 3.05) is 65.6 Å². The predicted molar refractivity (Wildman–Crippen MR) is 63.3 cm³/mol. The second-order valence-corrected chi connectivity index (χ2v) is 4.57. The molecule has 0 unspecified atom stereocenters. The quantitative estimate of drug-likeness (QED) is 0.732. The van der Waals surface area contributed by atoms with Gasteiger partial charge in [-0.1, -0.05) is 0 Å². The summed E-state index contributed by atoms with van der Waals surface area (Å²) in [6, 6.07) is 0. The largest absolute Gasteiger partial charge is 0.465 e. The van der Waals surface area contributed by atoms with Crippen molar-refractivity contribution in [2.45, 2.75) is 0 Å². The van der Waals surface area contributed by atoms with Gasteiger partial charge < -0.3 is 14.7 Å². The highest BCUT2D eigenvalue weighted by Crippen LogP contribution is 2.03. The number of morpholine rings is 1. The Morgan fingerprint density at radius 2 is 1.47 bits per heavy atom. The minimum Gasteiger partial charge on any atom is -0.465 e. The summed E-state index contributed by atoms with van der Waals surface area (Å²) in [5.74, 6) is 0. The molecule has 2 rings (SSSR count). The number of nitrogens with zero attached hydrogens (tertiary/aromatic N) is 3. The average Bonchev–Trinajstić information content (AvgIpc) is 2.38. The first-order valence-corrected chi connectivity index (χ1v) is 6.26. The second-order valence-electron chi connectivity index (χ2n) is 4.57. The molecule has 2 aliphatic rings. The zero-order valence-corrected chi connectivity index (χ0v) is 10.2. The molecular formula is C11H21N3O3. The van der Waals surface area contributed by atoms with Gasteiger partial charge in [0.1, 0.15) is 0 Å². The number of piperazine rings is 1. The summed E-state index contributed by atoms with van der Waals surface area (Å²) in [5.41, 5.74) is 0. The number of carbonyl (C=O) groups is 1. The molecule has 1 N–H and O–H groups in total. The smallest absolute Gasteiger partial charge is 0.407 e. The van der Waals surface area contributed by atoms with Gasteiger partial charge in [0.25, 0.3) is 0 Å². The summed E-state index contributed by atoms with van der Waals surface area (Å²) in [6.45, 7) is 8.82. The number of hydrogen-bond donors (Lipinski definition) is 1. The first-order chi connectivity index (χ1) is 8.25. The molecule has 6 nitrogen and oxygen atoms in total. The topological polar surface area (TPSA) is 56.2 Å². The van der Waals surface area contributed by atoms with E-state index in [4.69, 9.17) is 9.84 Å². The predicted octanol–water partition coefficient (Wildman–Crippen LogP) is -0.386. The normalized spacial score (nSPS) is 23.9. The molecule has 2 aliphatic heterocycles. The Hall–Kier alpha value is -0.850. The summed E-state index contributed by atoms with van der Waals surface area (Å²) in [5, 5.41) is 8.84. The number of carboxylic acid groups (broad SMARTS) is 1. The first-order valence-electron chi connectivity index (χ1n) is 6.26. The van der Waals surface area contributed by atoms with Gasteiger partial charge >= 0.3 is 6.09 Å². The molecule has 98 valence electrons. The van der Waals surface area contributed by atoms with E-state index in [-0.39, 0.29) is 0 Å². The van der Waals surface area contributed by atoms with Crippen molar-refractivity contribution in [1.82, 2.24) is 14.7 Å². The van der Waals surface area contributed by atoms with Gasteiger partial charge in [0.15, 0.2) is 0 Å². The van der Waals surface area contributed by atoms with Crippen molar-refractivity contribution in [3.8, 4) is 0 Å². The van der Waals surface area contributed by atoms with Crippen LogP contribution >= 0.6 is 0 Å². The molecule has 0 aromatic carbocycles. The van der Waals surface area contributed by atoms with Crippen LogP contribution in [0.2, 0.25) is 0 Å². The van der Waals surface area contributed by atoms with E-state index in [1.54, 1.807) is 0 Å². The van der Waals surface area contributed by atoms with Gasteiger partial charge in [-0.05, 0) is 0 Å². The fraction of sp³-hybridized carbons (Fsp3) is 0.909.